The molecule has 0 aliphatic carbocycles. The van der Waals surface area contributed by atoms with Gasteiger partial charge in [0.15, 0.2) is 5.96 Å². The third kappa shape index (κ3) is 5.94. The van der Waals surface area contributed by atoms with Crippen LogP contribution >= 0.6 is 11.3 Å². The van der Waals surface area contributed by atoms with Crippen LogP contribution in [0.3, 0.4) is 0 Å². The number of aliphatic imine (C=N–C) groups is 1. The molecule has 0 spiro atoms. The summed E-state index contributed by atoms with van der Waals surface area (Å²) >= 11 is 1.66. The van der Waals surface area contributed by atoms with Crippen LogP contribution in [0.25, 0.3) is 0 Å². The minimum Gasteiger partial charge on any atom is -0.396 e. The zero-order valence-corrected chi connectivity index (χ0v) is 16.7. The highest BCUT2D eigenvalue weighted by Gasteiger charge is 2.34. The highest BCUT2D eigenvalue weighted by molar-refractivity contribution is 7.09. The molecule has 1 aliphatic rings. The predicted molar refractivity (Wildman–Crippen MR) is 103 cm³/mol. The van der Waals surface area contributed by atoms with Gasteiger partial charge >= 0.3 is 0 Å². The number of guanidine groups is 1. The number of hydrogen-bond donors (Lipinski definition) is 3. The molecule has 1 unspecified atom stereocenters. The topological polar surface area (TPSA) is 78.8 Å². The van der Waals surface area contributed by atoms with Gasteiger partial charge in [0.1, 0.15) is 5.01 Å². The van der Waals surface area contributed by atoms with Gasteiger partial charge in [-0.25, -0.2) is 9.98 Å². The second kappa shape index (κ2) is 8.96. The van der Waals surface area contributed by atoms with Crippen LogP contribution in [-0.2, 0) is 16.7 Å². The van der Waals surface area contributed by atoms with Crippen LogP contribution in [0.15, 0.2) is 10.4 Å². The van der Waals surface area contributed by atoms with E-state index in [4.69, 9.17) is 9.72 Å². The lowest BCUT2D eigenvalue weighted by Gasteiger charge is -2.27. The molecule has 1 aromatic heterocycles. The van der Waals surface area contributed by atoms with Crippen molar-refractivity contribution in [3.63, 3.8) is 0 Å². The Morgan fingerprint density at radius 1 is 1.44 bits per heavy atom. The first-order valence-electron chi connectivity index (χ1n) is 9.04. The molecule has 6 nitrogen and oxygen atoms in total. The average molecular weight is 369 g/mol. The molecule has 1 saturated heterocycles. The van der Waals surface area contributed by atoms with Crippen molar-refractivity contribution in [3.8, 4) is 0 Å². The molecular formula is C18H32N4O2S. The van der Waals surface area contributed by atoms with Crippen LogP contribution in [0.4, 0.5) is 0 Å². The van der Waals surface area contributed by atoms with E-state index in [0.29, 0.717) is 13.2 Å². The first kappa shape index (κ1) is 20.1. The van der Waals surface area contributed by atoms with Gasteiger partial charge in [0.05, 0.1) is 18.8 Å². The smallest absolute Gasteiger partial charge is 0.191 e. The molecule has 1 fully saturated rings. The van der Waals surface area contributed by atoms with Crippen LogP contribution in [0.2, 0.25) is 0 Å². The molecule has 142 valence electrons. The number of aliphatic hydroxyl groups excluding tert-OH is 1. The van der Waals surface area contributed by atoms with E-state index in [1.165, 1.54) is 0 Å². The van der Waals surface area contributed by atoms with E-state index in [1.54, 1.807) is 11.3 Å². The van der Waals surface area contributed by atoms with Crippen LogP contribution in [0.1, 0.15) is 51.2 Å². The monoisotopic (exact) mass is 368 g/mol. The molecule has 2 heterocycles. The lowest BCUT2D eigenvalue weighted by atomic mass is 9.84. The van der Waals surface area contributed by atoms with E-state index >= 15 is 0 Å². The zero-order valence-electron chi connectivity index (χ0n) is 15.9. The summed E-state index contributed by atoms with van der Waals surface area (Å²) in [5, 5.41) is 19.2. The van der Waals surface area contributed by atoms with Crippen LogP contribution < -0.4 is 10.6 Å². The molecule has 3 N–H and O–H groups in total. The van der Waals surface area contributed by atoms with Crippen LogP contribution in [0, 0.1) is 5.41 Å². The molecule has 7 heteroatoms. The molecule has 0 saturated carbocycles. The maximum absolute atomic E-state index is 9.34. The highest BCUT2D eigenvalue weighted by Crippen LogP contribution is 2.31. The number of ether oxygens (including phenoxy) is 1. The van der Waals surface area contributed by atoms with Gasteiger partial charge in [-0.3, -0.25) is 0 Å². The van der Waals surface area contributed by atoms with Crippen molar-refractivity contribution in [2.24, 2.45) is 10.4 Å². The maximum atomic E-state index is 9.34. The lowest BCUT2D eigenvalue weighted by Crippen LogP contribution is -2.44. The molecule has 2 rings (SSSR count). The van der Waals surface area contributed by atoms with Crippen molar-refractivity contribution < 1.29 is 9.84 Å². The Bertz CT molecular complexity index is 560. The fourth-order valence-corrected chi connectivity index (χ4v) is 3.74. The Morgan fingerprint density at radius 2 is 2.24 bits per heavy atom. The Labute approximate surface area is 155 Å². The van der Waals surface area contributed by atoms with E-state index in [1.807, 2.05) is 0 Å². The van der Waals surface area contributed by atoms with Gasteiger partial charge < -0.3 is 20.5 Å². The molecule has 25 heavy (non-hydrogen) atoms. The van der Waals surface area contributed by atoms with Gasteiger partial charge in [0, 0.05) is 42.5 Å². The van der Waals surface area contributed by atoms with Crippen molar-refractivity contribution in [1.82, 2.24) is 15.6 Å². The third-order valence-electron chi connectivity index (χ3n) is 4.49. The Kier molecular flexibility index (Phi) is 7.22. The summed E-state index contributed by atoms with van der Waals surface area (Å²) in [6.07, 6.45) is 1.72. The summed E-state index contributed by atoms with van der Waals surface area (Å²) in [4.78, 5) is 9.37. The third-order valence-corrected chi connectivity index (χ3v) is 5.33. The number of nitrogens with zero attached hydrogens (tertiary/aromatic N) is 2. The molecule has 0 amide bonds. The summed E-state index contributed by atoms with van der Waals surface area (Å²) in [7, 11) is 0. The Balaban J connectivity index is 1.97. The number of hydrogen-bond acceptors (Lipinski definition) is 5. The summed E-state index contributed by atoms with van der Waals surface area (Å²) in [5.41, 5.74) is 1.19. The van der Waals surface area contributed by atoms with Gasteiger partial charge in [0.25, 0.3) is 0 Å². The minimum absolute atomic E-state index is 0.00548. The summed E-state index contributed by atoms with van der Waals surface area (Å²) in [5.74, 6) is 0.791. The van der Waals surface area contributed by atoms with Crippen LogP contribution in [0.5, 0.6) is 0 Å². The van der Waals surface area contributed by atoms with Crippen molar-refractivity contribution in [2.45, 2.75) is 52.5 Å². The first-order chi connectivity index (χ1) is 11.9. The highest BCUT2D eigenvalue weighted by atomic mass is 32.1. The standard InChI is InChI=1S/C18H32N4O2S/c1-5-19-16(21-12-18(6-8-23)7-9-24-13-18)20-10-15-22-14(11-25-15)17(2,3)4/h11,23H,5-10,12-13H2,1-4H3,(H2,19,20,21). The number of nitrogens with one attached hydrogen (secondary N) is 2. The SMILES string of the molecule is CCNC(=NCc1nc(C(C)(C)C)cs1)NCC1(CCO)CCOC1. The minimum atomic E-state index is 0.00548. The van der Waals surface area contributed by atoms with E-state index in [-0.39, 0.29) is 17.4 Å². The molecular weight excluding hydrogens is 336 g/mol. The van der Waals surface area contributed by atoms with E-state index in [0.717, 1.165) is 49.2 Å². The maximum Gasteiger partial charge on any atom is 0.191 e. The molecule has 1 atom stereocenters. The molecule has 0 aromatic carbocycles. The summed E-state index contributed by atoms with van der Waals surface area (Å²) in [6.45, 7) is 12.4. The van der Waals surface area contributed by atoms with Gasteiger partial charge in [-0.2, -0.15) is 0 Å². The van der Waals surface area contributed by atoms with Crippen molar-refractivity contribution in [3.05, 3.63) is 16.1 Å². The summed E-state index contributed by atoms with van der Waals surface area (Å²) in [6, 6.07) is 0. The van der Waals surface area contributed by atoms with Crippen molar-refractivity contribution in [1.29, 1.82) is 0 Å². The molecule has 1 aliphatic heterocycles. The second-order valence-corrected chi connectivity index (χ2v) is 8.64. The second-order valence-electron chi connectivity index (χ2n) is 7.70. The molecule has 1 aromatic rings. The molecule has 0 radical (unpaired) electrons. The zero-order chi connectivity index (χ0) is 18.3. The van der Waals surface area contributed by atoms with E-state index < -0.39 is 0 Å². The first-order valence-corrected chi connectivity index (χ1v) is 9.92. The van der Waals surface area contributed by atoms with Crippen molar-refractivity contribution >= 4 is 17.3 Å². The predicted octanol–water partition coefficient (Wildman–Crippen LogP) is 2.28. The number of rotatable bonds is 7. The fraction of sp³-hybridized carbons (Fsp3) is 0.778. The van der Waals surface area contributed by atoms with Gasteiger partial charge in [0.2, 0.25) is 0 Å². The molecule has 0 bridgehead atoms. The Morgan fingerprint density at radius 3 is 2.80 bits per heavy atom. The average Bonchev–Trinajstić information content (AvgIpc) is 3.20. The fourth-order valence-electron chi connectivity index (χ4n) is 2.80. The number of aliphatic hydroxyl groups is 1. The largest absolute Gasteiger partial charge is 0.396 e. The number of aromatic nitrogens is 1. The van der Waals surface area contributed by atoms with Gasteiger partial charge in [-0.15, -0.1) is 11.3 Å². The quantitative estimate of drug-likeness (QED) is 0.508. The van der Waals surface area contributed by atoms with Crippen molar-refractivity contribution in [2.75, 3.05) is 32.9 Å². The normalized spacial score (nSPS) is 21.6. The van der Waals surface area contributed by atoms with E-state index in [2.05, 4.69) is 48.7 Å². The Hall–Kier alpha value is -1.18. The number of thiazole rings is 1. The van der Waals surface area contributed by atoms with Gasteiger partial charge in [-0.05, 0) is 19.8 Å². The van der Waals surface area contributed by atoms with Gasteiger partial charge in [-0.1, -0.05) is 20.8 Å². The summed E-state index contributed by atoms with van der Waals surface area (Å²) < 4.78 is 5.55. The van der Waals surface area contributed by atoms with Crippen LogP contribution in [-0.4, -0.2) is 49.0 Å². The lowest BCUT2D eigenvalue weighted by molar-refractivity contribution is 0.127. The van der Waals surface area contributed by atoms with E-state index in [9.17, 15) is 5.11 Å².